The van der Waals surface area contributed by atoms with Gasteiger partial charge in [-0.05, 0) is 6.07 Å². The van der Waals surface area contributed by atoms with Crippen molar-refractivity contribution in [3.63, 3.8) is 0 Å². The van der Waals surface area contributed by atoms with Crippen LogP contribution in [0.3, 0.4) is 0 Å². The predicted molar refractivity (Wildman–Crippen MR) is 138 cm³/mol. The van der Waals surface area contributed by atoms with Gasteiger partial charge in [0.1, 0.15) is 36.1 Å². The fourth-order valence-electron chi connectivity index (χ4n) is 4.57. The summed E-state index contributed by atoms with van der Waals surface area (Å²) in [5, 5.41) is 41.5. The highest BCUT2D eigenvalue weighted by molar-refractivity contribution is 7.61. The molecule has 23 heteroatoms. The van der Waals surface area contributed by atoms with E-state index in [0.717, 1.165) is 17.2 Å². The summed E-state index contributed by atoms with van der Waals surface area (Å²) in [5.41, 5.74) is 4.65. The molecule has 5 heterocycles. The molecular formula is C21H27N6O15P2+. The van der Waals surface area contributed by atoms with E-state index in [-0.39, 0.29) is 16.7 Å². The number of hydrogen-bond acceptors (Lipinski definition) is 15. The number of aromatic nitrogens is 5. The molecule has 0 saturated carbocycles. The number of fused-ring (bicyclic) bond motifs is 1. The Labute approximate surface area is 245 Å². The first-order chi connectivity index (χ1) is 20.7. The molecule has 2 fully saturated rings. The number of aromatic amines is 1. The van der Waals surface area contributed by atoms with Crippen molar-refractivity contribution in [1.29, 1.82) is 0 Å². The Hall–Kier alpha value is -3.01. The largest absolute Gasteiger partial charge is 0.481 e. The van der Waals surface area contributed by atoms with Gasteiger partial charge < -0.3 is 50.4 Å². The summed E-state index contributed by atoms with van der Waals surface area (Å²) in [5.74, 6) is -0.770. The summed E-state index contributed by atoms with van der Waals surface area (Å²) < 4.78 is 51.8. The second-order valence-electron chi connectivity index (χ2n) is 9.66. The number of primary amides is 1. The number of carbonyl (C=O) groups excluding carboxylic acids is 1. The molecule has 3 aromatic heterocycles. The number of aliphatic hydroxyl groups is 4. The number of pyridine rings is 1. The van der Waals surface area contributed by atoms with Crippen molar-refractivity contribution in [2.45, 2.75) is 49.1 Å². The maximum atomic E-state index is 12.4. The number of imidazole rings is 1. The fraction of sp³-hybridized carbons (Fsp3) is 0.476. The Balaban J connectivity index is 1.16. The smallest absolute Gasteiger partial charge is 0.387 e. The predicted octanol–water partition coefficient (Wildman–Crippen LogP) is -3.30. The van der Waals surface area contributed by atoms with Crippen molar-refractivity contribution in [1.82, 2.24) is 19.5 Å². The quantitative estimate of drug-likeness (QED) is 0.0734. The van der Waals surface area contributed by atoms with Crippen molar-refractivity contribution in [3.8, 4) is 0 Å². The first-order valence-electron chi connectivity index (χ1n) is 12.6. The Bertz CT molecular complexity index is 1690. The number of nitrogens with zero attached hydrogens (tertiary/aromatic N) is 4. The van der Waals surface area contributed by atoms with Crippen LogP contribution < -0.4 is 15.9 Å². The average molecular weight is 665 g/mol. The monoisotopic (exact) mass is 665 g/mol. The Kier molecular flexibility index (Phi) is 9.13. The molecule has 240 valence electrons. The average Bonchev–Trinajstić information content (AvgIpc) is 3.61. The minimum absolute atomic E-state index is 0.00840. The molecule has 21 nitrogen and oxygen atoms in total. The second kappa shape index (κ2) is 12.4. The summed E-state index contributed by atoms with van der Waals surface area (Å²) in [6, 6.07) is 2.82. The van der Waals surface area contributed by atoms with Crippen LogP contribution in [0.5, 0.6) is 0 Å². The van der Waals surface area contributed by atoms with Crippen LogP contribution in [0, 0.1) is 0 Å². The molecule has 5 rings (SSSR count). The zero-order valence-corrected chi connectivity index (χ0v) is 23.9. The van der Waals surface area contributed by atoms with Crippen LogP contribution in [0.4, 0.5) is 0 Å². The SMILES string of the molecule is NC(=O)c1ccc[n+]([C@@H]2O[C@H](COP(=O)(O)OP(=O)(O)OC[C@H]3O[C@@H](n4cnc5c(=O)[nH]cnc54)[C@H](O)[C@@H]3O)[C@H](O)C2O)c1. The third-order valence-electron chi connectivity index (χ3n) is 6.72. The van der Waals surface area contributed by atoms with Crippen molar-refractivity contribution in [2.24, 2.45) is 5.73 Å². The van der Waals surface area contributed by atoms with Crippen LogP contribution in [-0.4, -0.2) is 105 Å². The number of H-pyrrole nitrogens is 1. The molecule has 2 aliphatic heterocycles. The molecule has 44 heavy (non-hydrogen) atoms. The van der Waals surface area contributed by atoms with E-state index in [9.17, 15) is 48.9 Å². The Morgan fingerprint density at radius 2 is 1.66 bits per heavy atom. The third kappa shape index (κ3) is 6.65. The minimum Gasteiger partial charge on any atom is -0.387 e. The van der Waals surface area contributed by atoms with Crippen LogP contribution in [0.2, 0.25) is 0 Å². The van der Waals surface area contributed by atoms with E-state index in [1.807, 2.05) is 0 Å². The molecule has 0 radical (unpaired) electrons. The number of phosphoric ester groups is 2. The summed E-state index contributed by atoms with van der Waals surface area (Å²) in [4.78, 5) is 53.5. The summed E-state index contributed by atoms with van der Waals surface area (Å²) in [6.45, 7) is -1.84. The van der Waals surface area contributed by atoms with Gasteiger partial charge in [0.25, 0.3) is 17.7 Å². The number of ether oxygens (including phenoxy) is 2. The van der Waals surface area contributed by atoms with Gasteiger partial charge in [0.15, 0.2) is 35.9 Å². The van der Waals surface area contributed by atoms with Gasteiger partial charge in [-0.3, -0.25) is 23.2 Å². The van der Waals surface area contributed by atoms with Crippen LogP contribution in [0.1, 0.15) is 22.8 Å². The van der Waals surface area contributed by atoms with E-state index in [4.69, 9.17) is 15.2 Å². The number of rotatable bonds is 11. The number of hydrogen-bond donors (Lipinski definition) is 8. The van der Waals surface area contributed by atoms with Gasteiger partial charge in [0.2, 0.25) is 0 Å². The molecular weight excluding hydrogens is 638 g/mol. The van der Waals surface area contributed by atoms with E-state index >= 15 is 0 Å². The number of aliphatic hydroxyl groups excluding tert-OH is 4. The highest BCUT2D eigenvalue weighted by Gasteiger charge is 2.50. The topological polar surface area (TPSA) is 312 Å². The van der Waals surface area contributed by atoms with E-state index in [1.54, 1.807) is 0 Å². The maximum Gasteiger partial charge on any atom is 0.481 e. The molecule has 0 aliphatic carbocycles. The molecule has 3 aromatic rings. The summed E-state index contributed by atoms with van der Waals surface area (Å²) in [7, 11) is -10.8. The van der Waals surface area contributed by atoms with Gasteiger partial charge >= 0.3 is 15.6 Å². The van der Waals surface area contributed by atoms with Gasteiger partial charge in [0, 0.05) is 6.07 Å². The van der Waals surface area contributed by atoms with Gasteiger partial charge in [-0.25, -0.2) is 19.1 Å². The van der Waals surface area contributed by atoms with Crippen LogP contribution >= 0.6 is 15.6 Å². The van der Waals surface area contributed by atoms with E-state index in [2.05, 4.69) is 28.3 Å². The minimum atomic E-state index is -5.39. The maximum absolute atomic E-state index is 12.4. The lowest BCUT2D eigenvalue weighted by atomic mass is 10.1. The van der Waals surface area contributed by atoms with Gasteiger partial charge in [-0.2, -0.15) is 8.88 Å². The van der Waals surface area contributed by atoms with E-state index in [0.29, 0.717) is 0 Å². The fourth-order valence-corrected chi connectivity index (χ4v) is 6.66. The highest BCUT2D eigenvalue weighted by Crippen LogP contribution is 2.60. The van der Waals surface area contributed by atoms with Crippen LogP contribution in [0.15, 0.2) is 42.0 Å². The van der Waals surface area contributed by atoms with Crippen molar-refractivity contribution in [2.75, 3.05) is 13.2 Å². The second-order valence-corrected chi connectivity index (χ2v) is 12.7. The summed E-state index contributed by atoms with van der Waals surface area (Å²) in [6.07, 6.45) is -7.25. The number of phosphoric acid groups is 2. The molecule has 0 aromatic carbocycles. The van der Waals surface area contributed by atoms with E-state index < -0.39 is 89.4 Å². The number of nitrogens with one attached hydrogen (secondary N) is 1. The third-order valence-corrected chi connectivity index (χ3v) is 9.33. The van der Waals surface area contributed by atoms with Crippen molar-refractivity contribution >= 4 is 32.7 Å². The molecule has 9 N–H and O–H groups in total. The van der Waals surface area contributed by atoms with Gasteiger partial charge in [-0.15, -0.1) is 0 Å². The van der Waals surface area contributed by atoms with Crippen LogP contribution in [0.25, 0.3) is 11.2 Å². The zero-order valence-electron chi connectivity index (χ0n) is 22.1. The molecule has 2 aliphatic rings. The lowest BCUT2D eigenvalue weighted by Crippen LogP contribution is -2.46. The lowest BCUT2D eigenvalue weighted by Gasteiger charge is -2.20. The van der Waals surface area contributed by atoms with Crippen molar-refractivity contribution in [3.05, 3.63) is 53.1 Å². The molecule has 2 saturated heterocycles. The molecule has 3 unspecified atom stereocenters. The molecule has 0 bridgehead atoms. The number of nitrogens with two attached hydrogens (primary N) is 1. The number of amides is 1. The highest BCUT2D eigenvalue weighted by atomic mass is 31.3. The molecule has 10 atom stereocenters. The Morgan fingerprint density at radius 3 is 2.32 bits per heavy atom. The van der Waals surface area contributed by atoms with Gasteiger partial charge in [-0.1, -0.05) is 0 Å². The number of carbonyl (C=O) groups is 1. The van der Waals surface area contributed by atoms with Gasteiger partial charge in [0.05, 0.1) is 25.9 Å². The normalized spacial score (nSPS) is 31.6. The first-order valence-corrected chi connectivity index (χ1v) is 15.6. The molecule has 1 amide bonds. The first kappa shape index (κ1) is 32.4. The summed E-state index contributed by atoms with van der Waals surface area (Å²) >= 11 is 0. The van der Waals surface area contributed by atoms with Crippen LogP contribution in [-0.2, 0) is 32.0 Å². The zero-order chi connectivity index (χ0) is 32.0. The van der Waals surface area contributed by atoms with E-state index in [1.165, 1.54) is 29.1 Å². The van der Waals surface area contributed by atoms with Crippen molar-refractivity contribution < 1.29 is 71.5 Å². The molecule has 0 spiro atoms. The Morgan fingerprint density at radius 1 is 1.02 bits per heavy atom. The standard InChI is InChI=1S/C21H26N6O15P2/c22-17(32)9-2-1-3-26(4-9)20-15(30)13(28)10(40-20)5-38-43(34,35)42-44(36,37)39-6-11-14(29)16(31)21(41-11)27-8-25-12-18(27)23-7-24-19(12)33/h1-4,7-8,10-11,13-16,20-21,28-31H,5-6H2,(H4-,22,23,24,32,33,34,35,36,37)/p+1/t10-,11-,13+,14-,15?,16-,20-,21-/m1/s1. The lowest BCUT2D eigenvalue weighted by molar-refractivity contribution is -0.765.